The van der Waals surface area contributed by atoms with Gasteiger partial charge in [-0.15, -0.1) is 0 Å². The molecule has 0 saturated carbocycles. The average molecular weight is 281 g/mol. The topological polar surface area (TPSA) is 15.8 Å². The lowest BCUT2D eigenvalue weighted by Gasteiger charge is -2.03. The van der Waals surface area contributed by atoms with Crippen LogP contribution in [-0.2, 0) is 12.8 Å². The summed E-state index contributed by atoms with van der Waals surface area (Å²) in [6.07, 6.45) is 4.28. The van der Waals surface area contributed by atoms with Crippen LogP contribution in [-0.4, -0.2) is 4.98 Å². The molecule has 2 heteroatoms. The first-order valence-electron chi connectivity index (χ1n) is 7.17. The number of fused-ring (bicyclic) bond motifs is 1. The van der Waals surface area contributed by atoms with Crippen LogP contribution in [0.3, 0.4) is 0 Å². The van der Waals surface area contributed by atoms with E-state index in [1.165, 1.54) is 31.8 Å². The van der Waals surface area contributed by atoms with Gasteiger partial charge >= 0.3 is 0 Å². The van der Waals surface area contributed by atoms with Gasteiger partial charge in [0.1, 0.15) is 0 Å². The summed E-state index contributed by atoms with van der Waals surface area (Å²) in [6.45, 7) is 4.39. The Hall–Kier alpha value is -1.67. The summed E-state index contributed by atoms with van der Waals surface area (Å²) in [7, 11) is 0. The molecule has 0 aliphatic rings. The van der Waals surface area contributed by atoms with Crippen LogP contribution in [0.15, 0.2) is 58.5 Å². The Kier molecular flexibility index (Phi) is 3.83. The van der Waals surface area contributed by atoms with E-state index in [4.69, 9.17) is 0 Å². The largest absolute Gasteiger partial charge is 0.360 e. The smallest absolute Gasteiger partial charge is 0.0498 e. The van der Waals surface area contributed by atoms with Crippen molar-refractivity contribution in [3.8, 4) is 0 Å². The van der Waals surface area contributed by atoms with Gasteiger partial charge in [0.2, 0.25) is 0 Å². The Bertz CT molecular complexity index is 710. The highest BCUT2D eigenvalue weighted by Gasteiger charge is 2.07. The van der Waals surface area contributed by atoms with Gasteiger partial charge in [-0.1, -0.05) is 55.9 Å². The molecule has 1 N–H and O–H groups in total. The molecule has 0 aliphatic heterocycles. The van der Waals surface area contributed by atoms with E-state index < -0.39 is 0 Å². The van der Waals surface area contributed by atoms with Crippen LogP contribution in [0.1, 0.15) is 25.0 Å². The van der Waals surface area contributed by atoms with Crippen molar-refractivity contribution in [3.05, 3.63) is 59.8 Å². The predicted molar refractivity (Wildman–Crippen MR) is 87.6 cm³/mol. The Morgan fingerprint density at radius 1 is 0.950 bits per heavy atom. The minimum absolute atomic E-state index is 1.06. The van der Waals surface area contributed by atoms with Gasteiger partial charge in [-0.05, 0) is 36.1 Å². The van der Waals surface area contributed by atoms with Gasteiger partial charge in [0, 0.05) is 26.9 Å². The van der Waals surface area contributed by atoms with Gasteiger partial charge in [0.15, 0.2) is 0 Å². The van der Waals surface area contributed by atoms with Crippen molar-refractivity contribution in [3.63, 3.8) is 0 Å². The zero-order valence-electron chi connectivity index (χ0n) is 11.9. The zero-order valence-corrected chi connectivity index (χ0v) is 12.8. The molecule has 3 aromatic rings. The molecule has 1 nitrogen and oxygen atoms in total. The number of benzene rings is 2. The normalized spacial score (nSPS) is 11.1. The summed E-state index contributed by atoms with van der Waals surface area (Å²) in [5.41, 5.74) is 4.06. The number of H-pyrrole nitrogens is 1. The van der Waals surface area contributed by atoms with Crippen molar-refractivity contribution < 1.29 is 0 Å². The molecule has 3 rings (SSSR count). The molecule has 0 fully saturated rings. The van der Waals surface area contributed by atoms with E-state index in [0.717, 1.165) is 12.8 Å². The van der Waals surface area contributed by atoms with E-state index in [0.29, 0.717) is 0 Å². The lowest BCUT2D eigenvalue weighted by atomic mass is 10.1. The molecule has 0 aliphatic carbocycles. The second-order valence-corrected chi connectivity index (χ2v) is 6.06. The summed E-state index contributed by atoms with van der Waals surface area (Å²) < 4.78 is 0. The van der Waals surface area contributed by atoms with Crippen molar-refractivity contribution in [2.45, 2.75) is 36.5 Å². The number of hydrogen-bond acceptors (Lipinski definition) is 1. The fourth-order valence-corrected chi connectivity index (χ4v) is 3.41. The molecule has 0 spiro atoms. The summed E-state index contributed by atoms with van der Waals surface area (Å²) in [6, 6.07) is 15.4. The molecule has 0 unspecified atom stereocenters. The van der Waals surface area contributed by atoms with Crippen LogP contribution < -0.4 is 0 Å². The lowest BCUT2D eigenvalue weighted by molar-refractivity contribution is 1.13. The fourth-order valence-electron chi connectivity index (χ4n) is 2.49. The first-order chi connectivity index (χ1) is 9.81. The standard InChI is InChI=1S/C18H19NS/c1-3-13-8-10-15(11-9-13)20-17-12-19-18-14(4-2)6-5-7-16(17)18/h5-12,19H,3-4H2,1-2H3. The molecule has 0 amide bonds. The van der Waals surface area contributed by atoms with Crippen molar-refractivity contribution in [2.24, 2.45) is 0 Å². The lowest BCUT2D eigenvalue weighted by Crippen LogP contribution is -1.81. The number of rotatable bonds is 4. The maximum atomic E-state index is 3.43. The van der Waals surface area contributed by atoms with Crippen LogP contribution in [0.25, 0.3) is 10.9 Å². The molecule has 20 heavy (non-hydrogen) atoms. The Morgan fingerprint density at radius 2 is 1.75 bits per heavy atom. The Morgan fingerprint density at radius 3 is 2.45 bits per heavy atom. The molecule has 1 aromatic heterocycles. The maximum absolute atomic E-state index is 3.43. The minimum Gasteiger partial charge on any atom is -0.360 e. The molecule has 1 heterocycles. The molecule has 0 bridgehead atoms. The molecule has 102 valence electrons. The number of aromatic amines is 1. The Balaban J connectivity index is 1.94. The van der Waals surface area contributed by atoms with E-state index >= 15 is 0 Å². The van der Waals surface area contributed by atoms with E-state index in [1.807, 2.05) is 11.8 Å². The van der Waals surface area contributed by atoms with E-state index in [1.54, 1.807) is 0 Å². The summed E-state index contributed by atoms with van der Waals surface area (Å²) >= 11 is 1.83. The van der Waals surface area contributed by atoms with Crippen molar-refractivity contribution in [1.82, 2.24) is 4.98 Å². The van der Waals surface area contributed by atoms with Crippen molar-refractivity contribution >= 4 is 22.7 Å². The minimum atomic E-state index is 1.06. The summed E-state index contributed by atoms with van der Waals surface area (Å²) in [5, 5.41) is 1.33. The average Bonchev–Trinajstić information content (AvgIpc) is 2.91. The first kappa shape index (κ1) is 13.3. The third-order valence-electron chi connectivity index (χ3n) is 3.70. The van der Waals surface area contributed by atoms with Gasteiger partial charge < -0.3 is 4.98 Å². The molecular formula is C18H19NS. The quantitative estimate of drug-likeness (QED) is 0.673. The van der Waals surface area contributed by atoms with E-state index in [-0.39, 0.29) is 0 Å². The second-order valence-electron chi connectivity index (χ2n) is 4.95. The number of aryl methyl sites for hydroxylation is 2. The van der Waals surface area contributed by atoms with Gasteiger partial charge in [-0.25, -0.2) is 0 Å². The van der Waals surface area contributed by atoms with Crippen LogP contribution >= 0.6 is 11.8 Å². The molecule has 0 atom stereocenters. The summed E-state index contributed by atoms with van der Waals surface area (Å²) in [5.74, 6) is 0. The third-order valence-corrected chi connectivity index (χ3v) is 4.77. The summed E-state index contributed by atoms with van der Waals surface area (Å²) in [4.78, 5) is 6.03. The second kappa shape index (κ2) is 5.76. The Labute approximate surface area is 124 Å². The number of hydrogen-bond donors (Lipinski definition) is 1. The molecule has 0 saturated heterocycles. The number of para-hydroxylation sites is 1. The molecular weight excluding hydrogens is 262 g/mol. The molecule has 2 aromatic carbocycles. The van der Waals surface area contributed by atoms with E-state index in [9.17, 15) is 0 Å². The van der Waals surface area contributed by atoms with Crippen LogP contribution in [0.5, 0.6) is 0 Å². The maximum Gasteiger partial charge on any atom is 0.0498 e. The van der Waals surface area contributed by atoms with Gasteiger partial charge in [0.05, 0.1) is 0 Å². The monoisotopic (exact) mass is 281 g/mol. The third kappa shape index (κ3) is 2.48. The first-order valence-corrected chi connectivity index (χ1v) is 7.99. The van der Waals surface area contributed by atoms with Crippen molar-refractivity contribution in [2.75, 3.05) is 0 Å². The number of nitrogens with one attached hydrogen (secondary N) is 1. The van der Waals surface area contributed by atoms with Gasteiger partial charge in [-0.2, -0.15) is 0 Å². The zero-order chi connectivity index (χ0) is 13.9. The highest BCUT2D eigenvalue weighted by molar-refractivity contribution is 7.99. The highest BCUT2D eigenvalue weighted by Crippen LogP contribution is 2.34. The van der Waals surface area contributed by atoms with Crippen LogP contribution in [0.2, 0.25) is 0 Å². The van der Waals surface area contributed by atoms with Crippen molar-refractivity contribution in [1.29, 1.82) is 0 Å². The van der Waals surface area contributed by atoms with Gasteiger partial charge in [0.25, 0.3) is 0 Å². The van der Waals surface area contributed by atoms with E-state index in [2.05, 4.69) is 67.5 Å². The molecule has 0 radical (unpaired) electrons. The fraction of sp³-hybridized carbons (Fsp3) is 0.222. The van der Waals surface area contributed by atoms with Crippen LogP contribution in [0.4, 0.5) is 0 Å². The van der Waals surface area contributed by atoms with Crippen LogP contribution in [0, 0.1) is 0 Å². The number of aromatic nitrogens is 1. The SMILES string of the molecule is CCc1ccc(Sc2c[nH]c3c(CC)cccc23)cc1. The highest BCUT2D eigenvalue weighted by atomic mass is 32.2. The van der Waals surface area contributed by atoms with Gasteiger partial charge in [-0.3, -0.25) is 0 Å². The predicted octanol–water partition coefficient (Wildman–Crippen LogP) is 5.44.